The molecule has 0 radical (unpaired) electrons. The highest BCUT2D eigenvalue weighted by atomic mass is 35.5. The number of carbonyl (C=O) groups is 1. The standard InChI is InChI=1S/C14H22ClN3O2/c1-3-11-14(15)12(17(2)16-11)9-18-7-6-10(8-18)4-5-13(19)20/h10H,3-9H2,1-2H3,(H,19,20). The van der Waals surface area contributed by atoms with Crippen LogP contribution in [0, 0.1) is 5.92 Å². The molecule has 0 amide bonds. The van der Waals surface area contributed by atoms with Crippen molar-refractivity contribution < 1.29 is 9.90 Å². The molecule has 0 spiro atoms. The summed E-state index contributed by atoms with van der Waals surface area (Å²) >= 11 is 6.36. The van der Waals surface area contributed by atoms with E-state index in [9.17, 15) is 4.79 Å². The topological polar surface area (TPSA) is 58.4 Å². The Morgan fingerprint density at radius 3 is 2.90 bits per heavy atom. The first kappa shape index (κ1) is 15.3. The van der Waals surface area contributed by atoms with E-state index in [2.05, 4.69) is 16.9 Å². The van der Waals surface area contributed by atoms with Crippen molar-refractivity contribution in [2.24, 2.45) is 13.0 Å². The number of nitrogens with zero attached hydrogens (tertiary/aromatic N) is 3. The van der Waals surface area contributed by atoms with Crippen LogP contribution in [0.25, 0.3) is 0 Å². The van der Waals surface area contributed by atoms with Crippen LogP contribution in [0.5, 0.6) is 0 Å². The van der Waals surface area contributed by atoms with E-state index >= 15 is 0 Å². The molecule has 1 unspecified atom stereocenters. The van der Waals surface area contributed by atoms with Crippen LogP contribution in [0.3, 0.4) is 0 Å². The third-order valence-electron chi connectivity index (χ3n) is 4.01. The number of carboxylic acid groups (broad SMARTS) is 1. The molecule has 6 heteroatoms. The summed E-state index contributed by atoms with van der Waals surface area (Å²) in [6.45, 7) is 4.81. The number of likely N-dealkylation sites (tertiary alicyclic amines) is 1. The lowest BCUT2D eigenvalue weighted by Crippen LogP contribution is -2.22. The second kappa shape index (κ2) is 6.59. The van der Waals surface area contributed by atoms with E-state index in [0.29, 0.717) is 5.92 Å². The highest BCUT2D eigenvalue weighted by Gasteiger charge is 2.25. The molecular formula is C14H22ClN3O2. The van der Waals surface area contributed by atoms with Crippen LogP contribution in [0.2, 0.25) is 5.02 Å². The molecule has 1 saturated heterocycles. The summed E-state index contributed by atoms with van der Waals surface area (Å²) in [6.07, 6.45) is 2.95. The van der Waals surface area contributed by atoms with Gasteiger partial charge in [-0.2, -0.15) is 5.10 Å². The molecule has 2 rings (SSSR count). The number of aryl methyl sites for hydroxylation is 2. The zero-order valence-corrected chi connectivity index (χ0v) is 12.9. The minimum Gasteiger partial charge on any atom is -0.481 e. The average Bonchev–Trinajstić information content (AvgIpc) is 2.96. The van der Waals surface area contributed by atoms with Gasteiger partial charge < -0.3 is 5.11 Å². The largest absolute Gasteiger partial charge is 0.481 e. The van der Waals surface area contributed by atoms with E-state index in [-0.39, 0.29) is 6.42 Å². The monoisotopic (exact) mass is 299 g/mol. The molecule has 0 aromatic carbocycles. The van der Waals surface area contributed by atoms with Crippen LogP contribution < -0.4 is 0 Å². The van der Waals surface area contributed by atoms with E-state index in [1.54, 1.807) is 0 Å². The van der Waals surface area contributed by atoms with Crippen molar-refractivity contribution in [3.63, 3.8) is 0 Å². The minimum atomic E-state index is -0.703. The van der Waals surface area contributed by atoms with Gasteiger partial charge in [-0.1, -0.05) is 18.5 Å². The molecule has 1 fully saturated rings. The van der Waals surface area contributed by atoms with Crippen molar-refractivity contribution in [2.45, 2.75) is 39.2 Å². The van der Waals surface area contributed by atoms with Crippen LogP contribution in [-0.2, 0) is 24.8 Å². The number of rotatable bonds is 6. The number of carboxylic acids is 1. The molecule has 1 atom stereocenters. The molecule has 0 saturated carbocycles. The maximum Gasteiger partial charge on any atom is 0.303 e. The van der Waals surface area contributed by atoms with Crippen molar-refractivity contribution in [1.29, 1.82) is 0 Å². The lowest BCUT2D eigenvalue weighted by atomic mass is 10.0. The smallest absolute Gasteiger partial charge is 0.303 e. The van der Waals surface area contributed by atoms with E-state index in [1.165, 1.54) is 0 Å². The summed E-state index contributed by atoms with van der Waals surface area (Å²) in [6, 6.07) is 0. The maximum absolute atomic E-state index is 10.6. The van der Waals surface area contributed by atoms with E-state index < -0.39 is 5.97 Å². The molecule has 5 nitrogen and oxygen atoms in total. The van der Waals surface area contributed by atoms with Crippen molar-refractivity contribution in [1.82, 2.24) is 14.7 Å². The molecule has 2 heterocycles. The fourth-order valence-electron chi connectivity index (χ4n) is 2.82. The molecule has 1 aromatic rings. The Morgan fingerprint density at radius 1 is 1.55 bits per heavy atom. The van der Waals surface area contributed by atoms with Gasteiger partial charge in [0.15, 0.2) is 0 Å². The first-order valence-electron chi connectivity index (χ1n) is 7.15. The van der Waals surface area contributed by atoms with Crippen molar-refractivity contribution in [3.05, 3.63) is 16.4 Å². The van der Waals surface area contributed by atoms with Crippen LogP contribution in [0.15, 0.2) is 0 Å². The van der Waals surface area contributed by atoms with Gasteiger partial charge in [0.2, 0.25) is 0 Å². The predicted molar refractivity (Wildman–Crippen MR) is 77.8 cm³/mol. The van der Waals surface area contributed by atoms with Gasteiger partial charge in [0.1, 0.15) is 0 Å². The van der Waals surface area contributed by atoms with Gasteiger partial charge in [0.05, 0.1) is 16.4 Å². The van der Waals surface area contributed by atoms with Crippen LogP contribution in [-0.4, -0.2) is 38.8 Å². The first-order valence-corrected chi connectivity index (χ1v) is 7.53. The molecular weight excluding hydrogens is 278 g/mol. The van der Waals surface area contributed by atoms with Crippen molar-refractivity contribution >= 4 is 17.6 Å². The lowest BCUT2D eigenvalue weighted by molar-refractivity contribution is -0.137. The molecule has 1 aromatic heterocycles. The zero-order chi connectivity index (χ0) is 14.7. The summed E-state index contributed by atoms with van der Waals surface area (Å²) in [5.74, 6) is -0.213. The second-order valence-corrected chi connectivity index (χ2v) is 5.88. The van der Waals surface area contributed by atoms with E-state index in [1.807, 2.05) is 11.7 Å². The molecule has 0 bridgehead atoms. The van der Waals surface area contributed by atoms with Gasteiger partial charge in [-0.05, 0) is 31.7 Å². The fraction of sp³-hybridized carbons (Fsp3) is 0.714. The Labute approximate surface area is 124 Å². The molecule has 20 heavy (non-hydrogen) atoms. The zero-order valence-electron chi connectivity index (χ0n) is 12.1. The Morgan fingerprint density at radius 2 is 2.30 bits per heavy atom. The quantitative estimate of drug-likeness (QED) is 0.876. The SMILES string of the molecule is CCc1nn(C)c(CN2CCC(CCC(=O)O)C2)c1Cl. The molecule has 1 aliphatic heterocycles. The first-order chi connectivity index (χ1) is 9.51. The van der Waals surface area contributed by atoms with Crippen LogP contribution >= 0.6 is 11.6 Å². The highest BCUT2D eigenvalue weighted by Crippen LogP contribution is 2.26. The minimum absolute atomic E-state index is 0.269. The molecule has 0 aliphatic carbocycles. The normalized spacial score (nSPS) is 19.6. The number of hydrogen-bond acceptors (Lipinski definition) is 3. The molecule has 112 valence electrons. The lowest BCUT2D eigenvalue weighted by Gasteiger charge is -2.16. The number of halogens is 1. The third kappa shape index (κ3) is 3.52. The summed E-state index contributed by atoms with van der Waals surface area (Å²) in [5, 5.41) is 13.9. The van der Waals surface area contributed by atoms with Gasteiger partial charge in [-0.25, -0.2) is 0 Å². The highest BCUT2D eigenvalue weighted by molar-refractivity contribution is 6.31. The Bertz CT molecular complexity index is 487. The summed E-state index contributed by atoms with van der Waals surface area (Å²) < 4.78 is 1.87. The summed E-state index contributed by atoms with van der Waals surface area (Å²) in [5.41, 5.74) is 2.01. The van der Waals surface area contributed by atoms with Crippen LogP contribution in [0.4, 0.5) is 0 Å². The Kier molecular flexibility index (Phi) is 5.05. The van der Waals surface area contributed by atoms with E-state index in [0.717, 1.165) is 55.3 Å². The number of aromatic nitrogens is 2. The molecule has 1 aliphatic rings. The van der Waals surface area contributed by atoms with Gasteiger partial charge in [0, 0.05) is 26.6 Å². The summed E-state index contributed by atoms with van der Waals surface area (Å²) in [7, 11) is 1.93. The van der Waals surface area contributed by atoms with Gasteiger partial charge in [0.25, 0.3) is 0 Å². The van der Waals surface area contributed by atoms with Crippen molar-refractivity contribution in [3.8, 4) is 0 Å². The fourth-order valence-corrected chi connectivity index (χ4v) is 3.18. The third-order valence-corrected chi connectivity index (χ3v) is 4.45. The predicted octanol–water partition coefficient (Wildman–Crippen LogP) is 2.32. The second-order valence-electron chi connectivity index (χ2n) is 5.51. The van der Waals surface area contributed by atoms with Crippen molar-refractivity contribution in [2.75, 3.05) is 13.1 Å². The molecule has 1 N–H and O–H groups in total. The number of aliphatic carboxylic acids is 1. The van der Waals surface area contributed by atoms with Gasteiger partial charge in [-0.15, -0.1) is 0 Å². The van der Waals surface area contributed by atoms with Crippen LogP contribution in [0.1, 0.15) is 37.6 Å². The van der Waals surface area contributed by atoms with Gasteiger partial charge in [-0.3, -0.25) is 14.4 Å². The maximum atomic E-state index is 10.6. The van der Waals surface area contributed by atoms with Gasteiger partial charge >= 0.3 is 5.97 Å². The summed E-state index contributed by atoms with van der Waals surface area (Å²) in [4.78, 5) is 13.0. The Hall–Kier alpha value is -1.07. The average molecular weight is 300 g/mol. The Balaban J connectivity index is 1.92. The number of hydrogen-bond donors (Lipinski definition) is 1. The van der Waals surface area contributed by atoms with E-state index in [4.69, 9.17) is 16.7 Å².